The van der Waals surface area contributed by atoms with Gasteiger partial charge in [0.2, 0.25) is 0 Å². The summed E-state index contributed by atoms with van der Waals surface area (Å²) in [4.78, 5) is 12.5. The fourth-order valence-electron chi connectivity index (χ4n) is 2.92. The lowest BCUT2D eigenvalue weighted by atomic mass is 10.1. The first-order valence-corrected chi connectivity index (χ1v) is 10.6. The van der Waals surface area contributed by atoms with Crippen LogP contribution in [-0.4, -0.2) is 32.4 Å². The molecule has 1 heterocycles. The monoisotopic (exact) mass is 393 g/mol. The SMILES string of the molecule is O=C(NCC1CCS(=O)(=O)C1)c1ccccc1OCc1ccccc1Cl. The van der Waals surface area contributed by atoms with Gasteiger partial charge in [0.15, 0.2) is 9.84 Å². The molecule has 26 heavy (non-hydrogen) atoms. The summed E-state index contributed by atoms with van der Waals surface area (Å²) in [6.45, 7) is 0.599. The molecule has 0 bridgehead atoms. The van der Waals surface area contributed by atoms with Gasteiger partial charge in [-0.3, -0.25) is 4.79 Å². The van der Waals surface area contributed by atoms with Crippen molar-refractivity contribution in [2.45, 2.75) is 13.0 Å². The number of nitrogens with one attached hydrogen (secondary N) is 1. The second-order valence-electron chi connectivity index (χ2n) is 6.36. The van der Waals surface area contributed by atoms with Gasteiger partial charge < -0.3 is 10.1 Å². The lowest BCUT2D eigenvalue weighted by molar-refractivity contribution is 0.0944. The molecule has 1 aliphatic heterocycles. The predicted molar refractivity (Wildman–Crippen MR) is 101 cm³/mol. The van der Waals surface area contributed by atoms with Crippen LogP contribution in [-0.2, 0) is 16.4 Å². The Morgan fingerprint density at radius 3 is 2.62 bits per heavy atom. The van der Waals surface area contributed by atoms with Gasteiger partial charge in [0.25, 0.3) is 5.91 Å². The van der Waals surface area contributed by atoms with Crippen molar-refractivity contribution in [3.63, 3.8) is 0 Å². The van der Waals surface area contributed by atoms with Crippen LogP contribution in [0.25, 0.3) is 0 Å². The summed E-state index contributed by atoms with van der Waals surface area (Å²) in [5, 5.41) is 3.43. The number of ether oxygens (including phenoxy) is 1. The predicted octanol–water partition coefficient (Wildman–Crippen LogP) is 3.08. The number of hydrogen-bond donors (Lipinski definition) is 1. The Kier molecular flexibility index (Phi) is 5.84. The van der Waals surface area contributed by atoms with Crippen LogP contribution in [0.3, 0.4) is 0 Å². The molecular formula is C19H20ClNO4S. The van der Waals surface area contributed by atoms with Gasteiger partial charge in [0.05, 0.1) is 17.1 Å². The van der Waals surface area contributed by atoms with Gasteiger partial charge in [0, 0.05) is 17.1 Å². The number of hydrogen-bond acceptors (Lipinski definition) is 4. The van der Waals surface area contributed by atoms with E-state index >= 15 is 0 Å². The van der Waals surface area contributed by atoms with Crippen LogP contribution in [0.5, 0.6) is 5.75 Å². The highest BCUT2D eigenvalue weighted by atomic mass is 35.5. The zero-order valence-electron chi connectivity index (χ0n) is 14.2. The van der Waals surface area contributed by atoms with Crippen molar-refractivity contribution in [1.82, 2.24) is 5.32 Å². The summed E-state index contributed by atoms with van der Waals surface area (Å²) in [6, 6.07) is 14.3. The Bertz CT molecular complexity index is 898. The molecule has 0 radical (unpaired) electrons. The topological polar surface area (TPSA) is 72.5 Å². The van der Waals surface area contributed by atoms with Crippen LogP contribution in [0.1, 0.15) is 22.3 Å². The molecule has 1 unspecified atom stereocenters. The van der Waals surface area contributed by atoms with Gasteiger partial charge in [-0.15, -0.1) is 0 Å². The zero-order chi connectivity index (χ0) is 18.6. The molecule has 2 aromatic carbocycles. The molecule has 0 saturated carbocycles. The number of sulfone groups is 1. The molecule has 7 heteroatoms. The molecule has 1 N–H and O–H groups in total. The van der Waals surface area contributed by atoms with Gasteiger partial charge in [0.1, 0.15) is 12.4 Å². The number of carbonyl (C=O) groups excluding carboxylic acids is 1. The van der Waals surface area contributed by atoms with Crippen molar-refractivity contribution >= 4 is 27.3 Å². The van der Waals surface area contributed by atoms with Crippen molar-refractivity contribution in [3.05, 3.63) is 64.7 Å². The maximum Gasteiger partial charge on any atom is 0.255 e. The number of benzene rings is 2. The minimum Gasteiger partial charge on any atom is -0.488 e. The lowest BCUT2D eigenvalue weighted by Gasteiger charge is -2.14. The van der Waals surface area contributed by atoms with Gasteiger partial charge >= 0.3 is 0 Å². The smallest absolute Gasteiger partial charge is 0.255 e. The van der Waals surface area contributed by atoms with Gasteiger partial charge in [-0.25, -0.2) is 8.42 Å². The Hall–Kier alpha value is -2.05. The molecule has 1 aliphatic rings. The standard InChI is InChI=1S/C19H20ClNO4S/c20-17-7-3-1-5-15(17)12-25-18-8-4-2-6-16(18)19(22)21-11-14-9-10-26(23,24)13-14/h1-8,14H,9-13H2,(H,21,22). The maximum atomic E-state index is 12.5. The van der Waals surface area contributed by atoms with Crippen LogP contribution in [0.4, 0.5) is 0 Å². The fraction of sp³-hybridized carbons (Fsp3) is 0.316. The molecule has 1 amide bonds. The van der Waals surface area contributed by atoms with Crippen molar-refractivity contribution in [2.75, 3.05) is 18.1 Å². The first-order chi connectivity index (χ1) is 12.4. The van der Waals surface area contributed by atoms with E-state index in [0.29, 0.717) is 29.3 Å². The second kappa shape index (κ2) is 8.10. The molecule has 0 aromatic heterocycles. The van der Waals surface area contributed by atoms with Gasteiger partial charge in [-0.05, 0) is 30.5 Å². The molecule has 1 atom stereocenters. The first-order valence-electron chi connectivity index (χ1n) is 8.38. The molecule has 1 saturated heterocycles. The minimum atomic E-state index is -2.95. The van der Waals surface area contributed by atoms with Crippen molar-refractivity contribution in [3.8, 4) is 5.75 Å². The molecule has 3 rings (SSSR count). The molecule has 0 spiro atoms. The number of para-hydroxylation sites is 1. The van der Waals surface area contributed by atoms with E-state index in [1.807, 2.05) is 18.2 Å². The fourth-order valence-corrected chi connectivity index (χ4v) is 4.97. The first kappa shape index (κ1) is 18.7. The van der Waals surface area contributed by atoms with Crippen molar-refractivity contribution < 1.29 is 17.9 Å². The van der Waals surface area contributed by atoms with Crippen LogP contribution in [0, 0.1) is 5.92 Å². The quantitative estimate of drug-likeness (QED) is 0.818. The highest BCUT2D eigenvalue weighted by molar-refractivity contribution is 7.91. The molecule has 2 aromatic rings. The Labute approximate surface area is 158 Å². The largest absolute Gasteiger partial charge is 0.488 e. The van der Waals surface area contributed by atoms with E-state index in [9.17, 15) is 13.2 Å². The molecule has 1 fully saturated rings. The number of rotatable bonds is 6. The van der Waals surface area contributed by atoms with Crippen LogP contribution < -0.4 is 10.1 Å². The zero-order valence-corrected chi connectivity index (χ0v) is 15.7. The second-order valence-corrected chi connectivity index (χ2v) is 8.99. The van der Waals surface area contributed by atoms with E-state index in [2.05, 4.69) is 5.32 Å². The van der Waals surface area contributed by atoms with Crippen LogP contribution in [0.15, 0.2) is 48.5 Å². The summed E-state index contributed by atoms with van der Waals surface area (Å²) in [6.07, 6.45) is 0.591. The van der Waals surface area contributed by atoms with E-state index in [4.69, 9.17) is 16.3 Å². The number of halogens is 1. The summed E-state index contributed by atoms with van der Waals surface area (Å²) in [5.41, 5.74) is 1.25. The molecular weight excluding hydrogens is 374 g/mol. The number of carbonyl (C=O) groups is 1. The third kappa shape index (κ3) is 4.77. The Morgan fingerprint density at radius 2 is 1.88 bits per heavy atom. The third-order valence-electron chi connectivity index (χ3n) is 4.35. The lowest BCUT2D eigenvalue weighted by Crippen LogP contribution is -2.30. The summed E-state index contributed by atoms with van der Waals surface area (Å²) in [7, 11) is -2.95. The van der Waals surface area contributed by atoms with E-state index in [-0.39, 0.29) is 29.9 Å². The average Bonchev–Trinajstić information content (AvgIpc) is 2.98. The molecule has 0 aliphatic carbocycles. The van der Waals surface area contributed by atoms with Crippen LogP contribution in [0.2, 0.25) is 5.02 Å². The van der Waals surface area contributed by atoms with Crippen molar-refractivity contribution in [2.24, 2.45) is 5.92 Å². The van der Waals surface area contributed by atoms with E-state index < -0.39 is 9.84 Å². The molecule has 5 nitrogen and oxygen atoms in total. The van der Waals surface area contributed by atoms with Crippen molar-refractivity contribution in [1.29, 1.82) is 0 Å². The summed E-state index contributed by atoms with van der Waals surface area (Å²) >= 11 is 6.13. The summed E-state index contributed by atoms with van der Waals surface area (Å²) in [5.74, 6) is 0.497. The Morgan fingerprint density at radius 1 is 1.15 bits per heavy atom. The van der Waals surface area contributed by atoms with Crippen LogP contribution >= 0.6 is 11.6 Å². The average molecular weight is 394 g/mol. The van der Waals surface area contributed by atoms with E-state index in [1.54, 1.807) is 30.3 Å². The third-order valence-corrected chi connectivity index (χ3v) is 6.56. The van der Waals surface area contributed by atoms with E-state index in [1.165, 1.54) is 0 Å². The minimum absolute atomic E-state index is 0.0276. The maximum absolute atomic E-state index is 12.5. The Balaban J connectivity index is 1.63. The highest BCUT2D eigenvalue weighted by Gasteiger charge is 2.28. The highest BCUT2D eigenvalue weighted by Crippen LogP contribution is 2.22. The van der Waals surface area contributed by atoms with Gasteiger partial charge in [-0.2, -0.15) is 0 Å². The molecule has 138 valence electrons. The van der Waals surface area contributed by atoms with Gasteiger partial charge in [-0.1, -0.05) is 41.9 Å². The normalized spacial score (nSPS) is 18.4. The van der Waals surface area contributed by atoms with E-state index in [0.717, 1.165) is 5.56 Å². The number of amides is 1. The summed E-state index contributed by atoms with van der Waals surface area (Å²) < 4.78 is 28.8.